The zero-order chi connectivity index (χ0) is 21.1. The molecule has 0 amide bonds. The van der Waals surface area contributed by atoms with Gasteiger partial charge in [0.1, 0.15) is 10.7 Å². The molecule has 0 aliphatic rings. The third kappa shape index (κ3) is 4.00. The standard InChI is InChI=1S/C23H16FN3O2S/c1-16-6-8-18-5-3-13-26-22(18)23(16)30(28,29)27-21-11-10-20(24)14-19(21)9-7-17-4-2-12-25-15-17/h2-6,8,10-15,27H,1H3. The van der Waals surface area contributed by atoms with Crippen LogP contribution in [0.25, 0.3) is 10.9 Å². The maximum absolute atomic E-state index is 13.8. The van der Waals surface area contributed by atoms with Gasteiger partial charge in [-0.2, -0.15) is 0 Å². The summed E-state index contributed by atoms with van der Waals surface area (Å²) in [5.41, 5.74) is 1.95. The highest BCUT2D eigenvalue weighted by Crippen LogP contribution is 2.28. The second-order valence-corrected chi connectivity index (χ2v) is 8.19. The molecule has 0 spiro atoms. The van der Waals surface area contributed by atoms with Crippen molar-refractivity contribution in [2.24, 2.45) is 0 Å². The Bertz CT molecular complexity index is 1410. The Labute approximate surface area is 173 Å². The Kier molecular flexibility index (Phi) is 5.17. The second kappa shape index (κ2) is 7.93. The van der Waals surface area contributed by atoms with Crippen molar-refractivity contribution in [3.05, 3.63) is 95.7 Å². The number of pyridine rings is 2. The molecule has 148 valence electrons. The molecule has 0 fully saturated rings. The minimum Gasteiger partial charge on any atom is -0.278 e. The lowest BCUT2D eigenvalue weighted by atomic mass is 10.1. The van der Waals surface area contributed by atoms with E-state index in [4.69, 9.17) is 0 Å². The maximum atomic E-state index is 13.8. The predicted octanol–water partition coefficient (Wildman–Crippen LogP) is 4.28. The van der Waals surface area contributed by atoms with E-state index in [0.29, 0.717) is 22.0 Å². The van der Waals surface area contributed by atoms with Crippen LogP contribution >= 0.6 is 0 Å². The van der Waals surface area contributed by atoms with E-state index in [1.54, 1.807) is 55.8 Å². The summed E-state index contributed by atoms with van der Waals surface area (Å²) in [6.07, 6.45) is 4.73. The fourth-order valence-electron chi connectivity index (χ4n) is 3.04. The molecule has 1 N–H and O–H groups in total. The van der Waals surface area contributed by atoms with Crippen molar-refractivity contribution in [2.75, 3.05) is 4.72 Å². The highest BCUT2D eigenvalue weighted by Gasteiger charge is 2.22. The lowest BCUT2D eigenvalue weighted by Crippen LogP contribution is -2.16. The molecule has 0 unspecified atom stereocenters. The molecule has 2 aromatic heterocycles. The smallest absolute Gasteiger partial charge is 0.264 e. The molecule has 7 heteroatoms. The molecule has 0 atom stereocenters. The number of aryl methyl sites for hydroxylation is 1. The van der Waals surface area contributed by atoms with Crippen molar-refractivity contribution in [3.63, 3.8) is 0 Å². The monoisotopic (exact) mass is 417 g/mol. The third-order valence-corrected chi connectivity index (χ3v) is 5.96. The summed E-state index contributed by atoms with van der Waals surface area (Å²) in [5.74, 6) is 5.18. The van der Waals surface area contributed by atoms with E-state index in [1.165, 1.54) is 18.2 Å². The number of halogens is 1. The van der Waals surface area contributed by atoms with E-state index in [2.05, 4.69) is 26.5 Å². The number of rotatable bonds is 3. The molecule has 0 aliphatic heterocycles. The van der Waals surface area contributed by atoms with Crippen molar-refractivity contribution >= 4 is 26.6 Å². The minimum absolute atomic E-state index is 0.0797. The van der Waals surface area contributed by atoms with Gasteiger partial charge in [-0.05, 0) is 48.9 Å². The van der Waals surface area contributed by atoms with Crippen LogP contribution in [0, 0.1) is 24.6 Å². The van der Waals surface area contributed by atoms with Crippen LogP contribution in [0.2, 0.25) is 0 Å². The normalized spacial score (nSPS) is 11.0. The van der Waals surface area contributed by atoms with Gasteiger partial charge in [-0.25, -0.2) is 12.8 Å². The summed E-state index contributed by atoms with van der Waals surface area (Å²) in [5, 5.41) is 0.708. The van der Waals surface area contributed by atoms with Crippen molar-refractivity contribution < 1.29 is 12.8 Å². The molecule has 0 aliphatic carbocycles. The number of fused-ring (bicyclic) bond motifs is 1. The van der Waals surface area contributed by atoms with Crippen LogP contribution in [-0.2, 0) is 10.0 Å². The third-order valence-electron chi connectivity index (χ3n) is 4.42. The van der Waals surface area contributed by atoms with E-state index >= 15 is 0 Å². The summed E-state index contributed by atoms with van der Waals surface area (Å²) in [6.45, 7) is 1.70. The highest BCUT2D eigenvalue weighted by atomic mass is 32.2. The average molecular weight is 417 g/mol. The van der Waals surface area contributed by atoms with Crippen LogP contribution in [0.15, 0.2) is 78.1 Å². The number of sulfonamides is 1. The van der Waals surface area contributed by atoms with Crippen molar-refractivity contribution in [2.45, 2.75) is 11.8 Å². The van der Waals surface area contributed by atoms with Crippen LogP contribution in [0.4, 0.5) is 10.1 Å². The first-order valence-electron chi connectivity index (χ1n) is 9.03. The van der Waals surface area contributed by atoms with Crippen LogP contribution in [-0.4, -0.2) is 18.4 Å². The molecule has 4 aromatic rings. The Balaban J connectivity index is 1.79. The highest BCUT2D eigenvalue weighted by molar-refractivity contribution is 7.93. The molecule has 2 heterocycles. The number of aromatic nitrogens is 2. The SMILES string of the molecule is Cc1ccc2cccnc2c1S(=O)(=O)Nc1ccc(F)cc1C#Cc1cccnc1. The number of benzene rings is 2. The van der Waals surface area contributed by atoms with Crippen LogP contribution < -0.4 is 4.72 Å². The summed E-state index contributed by atoms with van der Waals surface area (Å²) in [7, 11) is -4.00. The summed E-state index contributed by atoms with van der Waals surface area (Å²) < 4.78 is 42.9. The Hall–Kier alpha value is -3.76. The molecule has 30 heavy (non-hydrogen) atoms. The fraction of sp³-hybridized carbons (Fsp3) is 0.0435. The predicted molar refractivity (Wildman–Crippen MR) is 114 cm³/mol. The first kappa shape index (κ1) is 19.6. The Morgan fingerprint density at radius 1 is 1.00 bits per heavy atom. The van der Waals surface area contributed by atoms with Crippen molar-refractivity contribution in [1.82, 2.24) is 9.97 Å². The maximum Gasteiger partial charge on any atom is 0.264 e. The Morgan fingerprint density at radius 2 is 1.83 bits per heavy atom. The zero-order valence-electron chi connectivity index (χ0n) is 15.9. The number of nitrogens with zero attached hydrogens (tertiary/aromatic N) is 2. The zero-order valence-corrected chi connectivity index (χ0v) is 16.7. The lowest BCUT2D eigenvalue weighted by Gasteiger charge is -2.13. The van der Waals surface area contributed by atoms with Gasteiger partial charge in [0.05, 0.1) is 16.8 Å². The first-order valence-corrected chi connectivity index (χ1v) is 10.5. The molecule has 0 saturated carbocycles. The van der Waals surface area contributed by atoms with E-state index < -0.39 is 15.8 Å². The van der Waals surface area contributed by atoms with Crippen LogP contribution in [0.5, 0.6) is 0 Å². The topological polar surface area (TPSA) is 72.0 Å². The van der Waals surface area contributed by atoms with E-state index in [-0.39, 0.29) is 16.1 Å². The minimum atomic E-state index is -4.00. The van der Waals surface area contributed by atoms with Crippen LogP contribution in [0.1, 0.15) is 16.7 Å². The lowest BCUT2D eigenvalue weighted by molar-refractivity contribution is 0.601. The van der Waals surface area contributed by atoms with Gasteiger partial charge >= 0.3 is 0 Å². The number of hydrogen-bond donors (Lipinski definition) is 1. The molecule has 2 aromatic carbocycles. The molecule has 0 bridgehead atoms. The van der Waals surface area contributed by atoms with Crippen LogP contribution in [0.3, 0.4) is 0 Å². The molecule has 0 radical (unpaired) electrons. The van der Waals surface area contributed by atoms with Crippen molar-refractivity contribution in [1.29, 1.82) is 0 Å². The summed E-state index contributed by atoms with van der Waals surface area (Å²) in [6, 6.07) is 14.3. The quantitative estimate of drug-likeness (QED) is 0.505. The summed E-state index contributed by atoms with van der Waals surface area (Å²) >= 11 is 0. The average Bonchev–Trinajstić information content (AvgIpc) is 2.74. The van der Waals surface area contributed by atoms with Gasteiger partial charge < -0.3 is 0 Å². The van der Waals surface area contributed by atoms with Gasteiger partial charge in [-0.15, -0.1) is 0 Å². The number of anilines is 1. The molecule has 4 rings (SSSR count). The van der Waals surface area contributed by atoms with Gasteiger partial charge in [0.25, 0.3) is 10.0 Å². The molecule has 5 nitrogen and oxygen atoms in total. The van der Waals surface area contributed by atoms with Gasteiger partial charge in [0.2, 0.25) is 0 Å². The summed E-state index contributed by atoms with van der Waals surface area (Å²) in [4.78, 5) is 8.31. The van der Waals surface area contributed by atoms with E-state index in [9.17, 15) is 12.8 Å². The number of hydrogen-bond acceptors (Lipinski definition) is 4. The van der Waals surface area contributed by atoms with Gasteiger partial charge in [-0.1, -0.05) is 30.0 Å². The van der Waals surface area contributed by atoms with Gasteiger partial charge in [-0.3, -0.25) is 14.7 Å². The molecule has 0 saturated heterocycles. The van der Waals surface area contributed by atoms with E-state index in [0.717, 1.165) is 0 Å². The second-order valence-electron chi connectivity index (χ2n) is 6.57. The first-order chi connectivity index (χ1) is 14.4. The fourth-order valence-corrected chi connectivity index (χ4v) is 4.53. The van der Waals surface area contributed by atoms with E-state index in [1.807, 2.05) is 6.07 Å². The number of nitrogens with one attached hydrogen (secondary N) is 1. The molecular weight excluding hydrogens is 401 g/mol. The largest absolute Gasteiger partial charge is 0.278 e. The Morgan fingerprint density at radius 3 is 2.63 bits per heavy atom. The molecular formula is C23H16FN3O2S. The van der Waals surface area contributed by atoms with Gasteiger partial charge in [0, 0.05) is 29.5 Å². The van der Waals surface area contributed by atoms with Crippen molar-refractivity contribution in [3.8, 4) is 11.8 Å². The van der Waals surface area contributed by atoms with Gasteiger partial charge in [0.15, 0.2) is 0 Å².